The van der Waals surface area contributed by atoms with Gasteiger partial charge < -0.3 is 4.90 Å². The third-order valence-corrected chi connectivity index (χ3v) is 4.77. The SMILES string of the molecule is CCCCC(CCCC)c1nccnc1N(CCCC)CCCC. The van der Waals surface area contributed by atoms with Crippen LogP contribution in [0.25, 0.3) is 0 Å². The Bertz CT molecular complexity index is 364. The van der Waals surface area contributed by atoms with Crippen molar-refractivity contribution in [1.29, 1.82) is 0 Å². The van der Waals surface area contributed by atoms with Crippen molar-refractivity contribution >= 4 is 5.82 Å². The molecule has 0 N–H and O–H groups in total. The molecule has 0 amide bonds. The molecule has 1 rings (SSSR count). The summed E-state index contributed by atoms with van der Waals surface area (Å²) in [5.41, 5.74) is 1.26. The molecular weight excluding hydrogens is 294 g/mol. The van der Waals surface area contributed by atoms with E-state index in [1.54, 1.807) is 0 Å². The van der Waals surface area contributed by atoms with E-state index >= 15 is 0 Å². The summed E-state index contributed by atoms with van der Waals surface area (Å²) in [4.78, 5) is 12.1. The second-order valence-corrected chi connectivity index (χ2v) is 6.94. The summed E-state index contributed by atoms with van der Waals surface area (Å²) < 4.78 is 0. The number of nitrogens with zero attached hydrogens (tertiary/aromatic N) is 3. The van der Waals surface area contributed by atoms with Gasteiger partial charge in [0.05, 0.1) is 5.69 Å². The quantitative estimate of drug-likeness (QED) is 0.397. The van der Waals surface area contributed by atoms with Gasteiger partial charge in [0.25, 0.3) is 0 Å². The van der Waals surface area contributed by atoms with Crippen LogP contribution < -0.4 is 4.90 Å². The minimum Gasteiger partial charge on any atom is -0.355 e. The van der Waals surface area contributed by atoms with E-state index in [-0.39, 0.29) is 0 Å². The Labute approximate surface area is 150 Å². The maximum Gasteiger partial charge on any atom is 0.150 e. The number of anilines is 1. The van der Waals surface area contributed by atoms with Crippen LogP contribution in [-0.4, -0.2) is 23.1 Å². The Morgan fingerprint density at radius 3 is 1.75 bits per heavy atom. The minimum absolute atomic E-state index is 0.569. The lowest BCUT2D eigenvalue weighted by atomic mass is 9.92. The van der Waals surface area contributed by atoms with Crippen LogP contribution in [0.15, 0.2) is 12.4 Å². The first-order valence-electron chi connectivity index (χ1n) is 10.3. The van der Waals surface area contributed by atoms with E-state index in [2.05, 4.69) is 32.6 Å². The van der Waals surface area contributed by atoms with Crippen LogP contribution >= 0.6 is 0 Å². The molecule has 24 heavy (non-hydrogen) atoms. The molecule has 0 aliphatic heterocycles. The highest BCUT2D eigenvalue weighted by Crippen LogP contribution is 2.32. The van der Waals surface area contributed by atoms with Gasteiger partial charge >= 0.3 is 0 Å². The van der Waals surface area contributed by atoms with Gasteiger partial charge in [-0.1, -0.05) is 66.2 Å². The zero-order valence-electron chi connectivity index (χ0n) is 16.6. The van der Waals surface area contributed by atoms with Crippen molar-refractivity contribution in [2.45, 2.75) is 97.8 Å². The first-order chi connectivity index (χ1) is 11.8. The van der Waals surface area contributed by atoms with Crippen LogP contribution in [0, 0.1) is 0 Å². The molecule has 3 nitrogen and oxygen atoms in total. The average molecular weight is 334 g/mol. The van der Waals surface area contributed by atoms with Gasteiger partial charge in [-0.05, 0) is 25.7 Å². The van der Waals surface area contributed by atoms with Crippen molar-refractivity contribution in [3.8, 4) is 0 Å². The molecule has 1 heterocycles. The highest BCUT2D eigenvalue weighted by molar-refractivity contribution is 5.45. The lowest BCUT2D eigenvalue weighted by molar-refractivity contribution is 0.511. The number of unbranched alkanes of at least 4 members (excludes halogenated alkanes) is 4. The lowest BCUT2D eigenvalue weighted by Crippen LogP contribution is -2.28. The van der Waals surface area contributed by atoms with Gasteiger partial charge in [0.15, 0.2) is 5.82 Å². The number of hydrogen-bond donors (Lipinski definition) is 0. The topological polar surface area (TPSA) is 29.0 Å². The first-order valence-corrected chi connectivity index (χ1v) is 10.3. The number of hydrogen-bond acceptors (Lipinski definition) is 3. The lowest BCUT2D eigenvalue weighted by Gasteiger charge is -2.28. The summed E-state index contributed by atoms with van der Waals surface area (Å²) in [5.74, 6) is 1.73. The predicted molar refractivity (Wildman–Crippen MR) is 106 cm³/mol. The van der Waals surface area contributed by atoms with Crippen LogP contribution in [0.1, 0.15) is 104 Å². The summed E-state index contributed by atoms with van der Waals surface area (Å²) in [6.45, 7) is 11.3. The van der Waals surface area contributed by atoms with Gasteiger partial charge in [-0.15, -0.1) is 0 Å². The van der Waals surface area contributed by atoms with Crippen LogP contribution in [0.3, 0.4) is 0 Å². The van der Waals surface area contributed by atoms with Crippen molar-refractivity contribution < 1.29 is 0 Å². The van der Waals surface area contributed by atoms with Crippen LogP contribution in [-0.2, 0) is 0 Å². The summed E-state index contributed by atoms with van der Waals surface area (Å²) in [6.07, 6.45) is 16.3. The Morgan fingerprint density at radius 1 is 0.750 bits per heavy atom. The molecule has 0 atom stereocenters. The number of aromatic nitrogens is 2. The molecular formula is C21H39N3. The largest absolute Gasteiger partial charge is 0.355 e. The highest BCUT2D eigenvalue weighted by atomic mass is 15.2. The zero-order valence-corrected chi connectivity index (χ0v) is 16.6. The Morgan fingerprint density at radius 2 is 1.25 bits per heavy atom. The van der Waals surface area contributed by atoms with E-state index < -0.39 is 0 Å². The highest BCUT2D eigenvalue weighted by Gasteiger charge is 2.20. The molecule has 3 heteroatoms. The Kier molecular flexibility index (Phi) is 11.5. The number of rotatable bonds is 14. The summed E-state index contributed by atoms with van der Waals surface area (Å²) in [5, 5.41) is 0. The van der Waals surface area contributed by atoms with Gasteiger partial charge in [-0.25, -0.2) is 4.98 Å². The van der Waals surface area contributed by atoms with E-state index in [9.17, 15) is 0 Å². The molecule has 0 spiro atoms. The van der Waals surface area contributed by atoms with Gasteiger partial charge in [0, 0.05) is 31.4 Å². The maximum absolute atomic E-state index is 4.82. The maximum atomic E-state index is 4.82. The fourth-order valence-electron chi connectivity index (χ4n) is 3.21. The van der Waals surface area contributed by atoms with Gasteiger partial charge in [-0.3, -0.25) is 4.98 Å². The van der Waals surface area contributed by atoms with Crippen molar-refractivity contribution in [3.05, 3.63) is 18.1 Å². The smallest absolute Gasteiger partial charge is 0.150 e. The predicted octanol–water partition coefficient (Wildman–Crippen LogP) is 6.35. The molecule has 0 saturated carbocycles. The fourth-order valence-corrected chi connectivity index (χ4v) is 3.21. The standard InChI is InChI=1S/C21H39N3/c1-5-9-13-19(14-10-6-2)20-21(23-16-15-22-20)24(17-11-7-3)18-12-8-4/h15-16,19H,5-14,17-18H2,1-4H3. The van der Waals surface area contributed by atoms with Crippen molar-refractivity contribution in [3.63, 3.8) is 0 Å². The van der Waals surface area contributed by atoms with Crippen LogP contribution in [0.5, 0.6) is 0 Å². The van der Waals surface area contributed by atoms with Crippen molar-refractivity contribution in [2.24, 2.45) is 0 Å². The first kappa shape index (κ1) is 20.9. The third-order valence-electron chi connectivity index (χ3n) is 4.77. The molecule has 1 aromatic heterocycles. The molecule has 0 aliphatic rings. The Balaban J connectivity index is 3.01. The zero-order chi connectivity index (χ0) is 17.6. The molecule has 138 valence electrons. The van der Waals surface area contributed by atoms with E-state index in [0.29, 0.717) is 5.92 Å². The van der Waals surface area contributed by atoms with E-state index in [1.807, 2.05) is 12.4 Å². The molecule has 0 aliphatic carbocycles. The second-order valence-electron chi connectivity index (χ2n) is 6.94. The summed E-state index contributed by atoms with van der Waals surface area (Å²) in [6, 6.07) is 0. The average Bonchev–Trinajstić information content (AvgIpc) is 2.62. The van der Waals surface area contributed by atoms with Gasteiger partial charge in [0.2, 0.25) is 0 Å². The normalized spacial score (nSPS) is 11.2. The summed E-state index contributed by atoms with van der Waals surface area (Å²) >= 11 is 0. The summed E-state index contributed by atoms with van der Waals surface area (Å²) in [7, 11) is 0. The monoisotopic (exact) mass is 333 g/mol. The van der Waals surface area contributed by atoms with E-state index in [4.69, 9.17) is 9.97 Å². The van der Waals surface area contributed by atoms with Crippen LogP contribution in [0.2, 0.25) is 0 Å². The molecule has 1 aromatic rings. The molecule has 0 bridgehead atoms. The third kappa shape index (κ3) is 7.19. The molecule has 0 fully saturated rings. The Hall–Kier alpha value is -1.12. The molecule has 0 radical (unpaired) electrons. The van der Waals surface area contributed by atoms with Gasteiger partial charge in [0.1, 0.15) is 0 Å². The van der Waals surface area contributed by atoms with Crippen molar-refractivity contribution in [2.75, 3.05) is 18.0 Å². The fraction of sp³-hybridized carbons (Fsp3) is 0.810. The second kappa shape index (κ2) is 13.2. The van der Waals surface area contributed by atoms with E-state index in [0.717, 1.165) is 18.9 Å². The minimum atomic E-state index is 0.569. The van der Waals surface area contributed by atoms with E-state index in [1.165, 1.54) is 69.9 Å². The molecule has 0 unspecified atom stereocenters. The van der Waals surface area contributed by atoms with Gasteiger partial charge in [-0.2, -0.15) is 0 Å². The molecule has 0 saturated heterocycles. The van der Waals surface area contributed by atoms with Crippen molar-refractivity contribution in [1.82, 2.24) is 9.97 Å². The van der Waals surface area contributed by atoms with Crippen LogP contribution in [0.4, 0.5) is 5.82 Å². The molecule has 0 aromatic carbocycles.